The molecule has 0 aliphatic carbocycles. The van der Waals surface area contributed by atoms with Crippen molar-refractivity contribution in [1.82, 2.24) is 9.97 Å². The topological polar surface area (TPSA) is 41.1 Å². The van der Waals surface area contributed by atoms with Gasteiger partial charge in [0.25, 0.3) is 0 Å². The maximum atomic E-state index is 4.68. The van der Waals surface area contributed by atoms with E-state index in [2.05, 4.69) is 53.9 Å². The van der Waals surface area contributed by atoms with Gasteiger partial charge < -0.3 is 10.2 Å². The summed E-state index contributed by atoms with van der Waals surface area (Å²) >= 11 is 0. The lowest BCUT2D eigenvalue weighted by Crippen LogP contribution is -2.27. The maximum Gasteiger partial charge on any atom is 0.224 e. The Morgan fingerprint density at radius 1 is 1.24 bits per heavy atom. The lowest BCUT2D eigenvalue weighted by atomic mass is 9.77. The van der Waals surface area contributed by atoms with Gasteiger partial charge in [-0.05, 0) is 44.4 Å². The van der Waals surface area contributed by atoms with Crippen LogP contribution in [-0.2, 0) is 0 Å². The molecule has 1 atom stereocenters. The minimum absolute atomic E-state index is 0.409. The van der Waals surface area contributed by atoms with Crippen LogP contribution in [0.25, 0.3) is 0 Å². The molecule has 21 heavy (non-hydrogen) atoms. The van der Waals surface area contributed by atoms with E-state index in [1.165, 1.54) is 19.3 Å². The third kappa shape index (κ3) is 4.32. The average molecular weight is 290 g/mol. The first-order chi connectivity index (χ1) is 9.90. The van der Waals surface area contributed by atoms with Crippen LogP contribution in [0.15, 0.2) is 6.07 Å². The normalized spacial score (nSPS) is 20.2. The first-order valence-electron chi connectivity index (χ1n) is 8.24. The summed E-state index contributed by atoms with van der Waals surface area (Å²) in [6, 6.07) is 2.11. The predicted molar refractivity (Wildman–Crippen MR) is 89.9 cm³/mol. The van der Waals surface area contributed by atoms with E-state index < -0.39 is 0 Å². The summed E-state index contributed by atoms with van der Waals surface area (Å²) in [6.07, 6.45) is 3.83. The van der Waals surface area contributed by atoms with Gasteiger partial charge in [0.15, 0.2) is 0 Å². The third-order valence-corrected chi connectivity index (χ3v) is 4.45. The van der Waals surface area contributed by atoms with Crippen molar-refractivity contribution in [3.8, 4) is 0 Å². The molecule has 1 aliphatic heterocycles. The van der Waals surface area contributed by atoms with Gasteiger partial charge >= 0.3 is 0 Å². The van der Waals surface area contributed by atoms with Gasteiger partial charge in [0.2, 0.25) is 5.95 Å². The Morgan fingerprint density at radius 3 is 2.67 bits per heavy atom. The molecule has 1 aliphatic rings. The second-order valence-corrected chi connectivity index (χ2v) is 7.20. The second kappa shape index (κ2) is 6.63. The van der Waals surface area contributed by atoms with E-state index in [0.29, 0.717) is 5.41 Å². The molecule has 0 spiro atoms. The highest BCUT2D eigenvalue weighted by Gasteiger charge is 2.27. The highest BCUT2D eigenvalue weighted by atomic mass is 15.2. The van der Waals surface area contributed by atoms with Gasteiger partial charge in [0, 0.05) is 31.4 Å². The first-order valence-corrected chi connectivity index (χ1v) is 8.24. The molecule has 1 saturated heterocycles. The number of hydrogen-bond donors (Lipinski definition) is 1. The van der Waals surface area contributed by atoms with Crippen molar-refractivity contribution < 1.29 is 0 Å². The minimum Gasteiger partial charge on any atom is -0.356 e. The number of aromatic nitrogens is 2. The lowest BCUT2D eigenvalue weighted by molar-refractivity contribution is 0.220. The Hall–Kier alpha value is -1.32. The zero-order chi connectivity index (χ0) is 15.5. The quantitative estimate of drug-likeness (QED) is 0.917. The van der Waals surface area contributed by atoms with Crippen LogP contribution >= 0.6 is 0 Å². The van der Waals surface area contributed by atoms with E-state index in [-0.39, 0.29) is 0 Å². The third-order valence-electron chi connectivity index (χ3n) is 4.45. The van der Waals surface area contributed by atoms with Crippen LogP contribution < -0.4 is 10.2 Å². The highest BCUT2D eigenvalue weighted by molar-refractivity contribution is 5.44. The summed E-state index contributed by atoms with van der Waals surface area (Å²) < 4.78 is 0. The van der Waals surface area contributed by atoms with Gasteiger partial charge in [0.05, 0.1) is 0 Å². The molecule has 2 heterocycles. The summed E-state index contributed by atoms with van der Waals surface area (Å²) in [7, 11) is 0. The number of nitrogens with zero attached hydrogens (tertiary/aromatic N) is 3. The van der Waals surface area contributed by atoms with Crippen LogP contribution in [0.3, 0.4) is 0 Å². The van der Waals surface area contributed by atoms with Gasteiger partial charge in [-0.3, -0.25) is 0 Å². The Kier molecular flexibility index (Phi) is 5.07. The number of nitrogens with one attached hydrogen (secondary N) is 1. The Bertz CT molecular complexity index is 464. The maximum absolute atomic E-state index is 4.68. The van der Waals surface area contributed by atoms with E-state index in [4.69, 9.17) is 0 Å². The molecule has 0 saturated carbocycles. The first kappa shape index (κ1) is 16.1. The summed E-state index contributed by atoms with van der Waals surface area (Å²) in [4.78, 5) is 11.6. The second-order valence-electron chi connectivity index (χ2n) is 7.20. The van der Waals surface area contributed by atoms with Gasteiger partial charge in [-0.15, -0.1) is 0 Å². The van der Waals surface area contributed by atoms with Gasteiger partial charge in [-0.2, -0.15) is 4.98 Å². The average Bonchev–Trinajstić information content (AvgIpc) is 2.63. The largest absolute Gasteiger partial charge is 0.356 e. The lowest BCUT2D eigenvalue weighted by Gasteiger charge is -2.30. The molecule has 0 aromatic carbocycles. The SMILES string of the molecule is CCNc1nc(C)cc(N2CCCC(C(C)(C)C)CC2)n1. The Labute approximate surface area is 129 Å². The zero-order valence-corrected chi connectivity index (χ0v) is 14.2. The smallest absolute Gasteiger partial charge is 0.224 e. The van der Waals surface area contributed by atoms with E-state index in [0.717, 1.165) is 43.0 Å². The Balaban J connectivity index is 2.12. The fourth-order valence-corrected chi connectivity index (χ4v) is 3.14. The summed E-state index contributed by atoms with van der Waals surface area (Å²) in [5.41, 5.74) is 1.44. The fraction of sp³-hybridized carbons (Fsp3) is 0.765. The fourth-order valence-electron chi connectivity index (χ4n) is 3.14. The molecule has 4 nitrogen and oxygen atoms in total. The van der Waals surface area contributed by atoms with Gasteiger partial charge in [-0.1, -0.05) is 20.8 Å². The molecule has 0 radical (unpaired) electrons. The molecule has 1 aromatic rings. The number of aryl methyl sites for hydroxylation is 1. The van der Waals surface area contributed by atoms with Crippen LogP contribution in [0, 0.1) is 18.3 Å². The van der Waals surface area contributed by atoms with Crippen LogP contribution in [0.1, 0.15) is 52.7 Å². The van der Waals surface area contributed by atoms with Crippen molar-refractivity contribution >= 4 is 11.8 Å². The molecule has 1 N–H and O–H groups in total. The molecule has 118 valence electrons. The number of anilines is 2. The minimum atomic E-state index is 0.409. The van der Waals surface area contributed by atoms with E-state index in [9.17, 15) is 0 Å². The molecule has 1 aromatic heterocycles. The zero-order valence-electron chi connectivity index (χ0n) is 14.2. The molecule has 1 unspecified atom stereocenters. The van der Waals surface area contributed by atoms with Crippen LogP contribution in [0.4, 0.5) is 11.8 Å². The Morgan fingerprint density at radius 2 is 2.00 bits per heavy atom. The van der Waals surface area contributed by atoms with E-state index in [1.54, 1.807) is 0 Å². The van der Waals surface area contributed by atoms with Gasteiger partial charge in [0.1, 0.15) is 5.82 Å². The number of rotatable bonds is 3. The molecule has 1 fully saturated rings. The van der Waals surface area contributed by atoms with E-state index in [1.807, 2.05) is 6.92 Å². The summed E-state index contributed by atoms with van der Waals surface area (Å²) in [5.74, 6) is 2.63. The van der Waals surface area contributed by atoms with Crippen LogP contribution in [0.5, 0.6) is 0 Å². The highest BCUT2D eigenvalue weighted by Crippen LogP contribution is 2.35. The van der Waals surface area contributed by atoms with Crippen molar-refractivity contribution in [2.45, 2.75) is 53.9 Å². The predicted octanol–water partition coefficient (Wildman–Crippen LogP) is 3.87. The monoisotopic (exact) mass is 290 g/mol. The van der Waals surface area contributed by atoms with Crippen molar-refractivity contribution in [2.75, 3.05) is 29.9 Å². The van der Waals surface area contributed by atoms with Crippen molar-refractivity contribution in [1.29, 1.82) is 0 Å². The van der Waals surface area contributed by atoms with E-state index >= 15 is 0 Å². The van der Waals surface area contributed by atoms with Gasteiger partial charge in [-0.25, -0.2) is 4.98 Å². The summed E-state index contributed by atoms with van der Waals surface area (Å²) in [5, 5.41) is 3.23. The molecule has 0 amide bonds. The van der Waals surface area contributed by atoms with Crippen LogP contribution in [0.2, 0.25) is 0 Å². The van der Waals surface area contributed by atoms with Crippen molar-refractivity contribution in [3.63, 3.8) is 0 Å². The van der Waals surface area contributed by atoms with Crippen molar-refractivity contribution in [3.05, 3.63) is 11.8 Å². The van der Waals surface area contributed by atoms with Crippen LogP contribution in [-0.4, -0.2) is 29.6 Å². The molecule has 2 rings (SSSR count). The molecule has 4 heteroatoms. The summed E-state index contributed by atoms with van der Waals surface area (Å²) in [6.45, 7) is 14.3. The molecular formula is C17H30N4. The standard InChI is InChI=1S/C17H30N4/c1-6-18-16-19-13(2)12-15(20-16)21-10-7-8-14(9-11-21)17(3,4)5/h12,14H,6-11H2,1-5H3,(H,18,19,20). The van der Waals surface area contributed by atoms with Crippen molar-refractivity contribution in [2.24, 2.45) is 11.3 Å². The molecule has 0 bridgehead atoms. The number of hydrogen-bond acceptors (Lipinski definition) is 4. The molecular weight excluding hydrogens is 260 g/mol.